The molecule has 2 rings (SSSR count). The van der Waals surface area contributed by atoms with Crippen molar-refractivity contribution in [2.24, 2.45) is 0 Å². The van der Waals surface area contributed by atoms with E-state index in [9.17, 15) is 9.50 Å². The zero-order valence-corrected chi connectivity index (χ0v) is 11.9. The second-order valence-electron chi connectivity index (χ2n) is 6.25. The third-order valence-corrected chi connectivity index (χ3v) is 3.34. The van der Waals surface area contributed by atoms with Gasteiger partial charge in [0.05, 0.1) is 6.10 Å². The van der Waals surface area contributed by atoms with Crippen LogP contribution in [0.3, 0.4) is 0 Å². The third-order valence-electron chi connectivity index (χ3n) is 3.34. The number of β-amino-alcohol motifs (C(OH)–C–C–N with tert-alkyl or cyclic N) is 1. The maximum atomic E-state index is 13.3. The van der Waals surface area contributed by atoms with Crippen LogP contribution in [0.5, 0.6) is 0 Å². The minimum atomic E-state index is -0.451. The number of aliphatic hydroxyl groups is 1. The van der Waals surface area contributed by atoms with E-state index in [2.05, 4.69) is 31.0 Å². The van der Waals surface area contributed by atoms with Gasteiger partial charge >= 0.3 is 0 Å². The van der Waals surface area contributed by atoms with Crippen LogP contribution in [0.1, 0.15) is 26.3 Å². The minimum absolute atomic E-state index is 0.00396. The number of nitrogens with zero attached hydrogens (tertiary/aromatic N) is 1. The van der Waals surface area contributed by atoms with Gasteiger partial charge in [0, 0.05) is 30.9 Å². The third kappa shape index (κ3) is 3.91. The fourth-order valence-electron chi connectivity index (χ4n) is 2.35. The van der Waals surface area contributed by atoms with Crippen LogP contribution in [0.25, 0.3) is 0 Å². The second-order valence-corrected chi connectivity index (χ2v) is 6.25. The summed E-state index contributed by atoms with van der Waals surface area (Å²) in [5.41, 5.74) is 2.09. The van der Waals surface area contributed by atoms with Crippen LogP contribution < -0.4 is 10.2 Å². The van der Waals surface area contributed by atoms with Gasteiger partial charge in [0.2, 0.25) is 0 Å². The van der Waals surface area contributed by atoms with Crippen molar-refractivity contribution in [3.05, 3.63) is 29.6 Å². The van der Waals surface area contributed by atoms with Crippen molar-refractivity contribution in [2.45, 2.75) is 38.8 Å². The number of rotatable bonds is 4. The first-order valence-corrected chi connectivity index (χ1v) is 6.81. The van der Waals surface area contributed by atoms with Gasteiger partial charge in [-0.25, -0.2) is 4.39 Å². The Kier molecular flexibility index (Phi) is 4.11. The van der Waals surface area contributed by atoms with Crippen LogP contribution in [0.2, 0.25) is 0 Å². The molecule has 19 heavy (non-hydrogen) atoms. The van der Waals surface area contributed by atoms with Crippen molar-refractivity contribution in [3.63, 3.8) is 0 Å². The van der Waals surface area contributed by atoms with E-state index in [-0.39, 0.29) is 11.4 Å². The molecule has 1 heterocycles. The van der Waals surface area contributed by atoms with Gasteiger partial charge in [-0.15, -0.1) is 0 Å². The number of aliphatic hydroxyl groups excluding tert-OH is 1. The number of benzene rings is 1. The Labute approximate surface area is 114 Å². The summed E-state index contributed by atoms with van der Waals surface area (Å²) in [5, 5.41) is 13.4. The molecule has 0 aliphatic carbocycles. The van der Waals surface area contributed by atoms with Crippen molar-refractivity contribution in [1.29, 1.82) is 0 Å². The molecular weight excluding hydrogens is 243 g/mol. The topological polar surface area (TPSA) is 35.5 Å². The zero-order chi connectivity index (χ0) is 14.0. The van der Waals surface area contributed by atoms with Gasteiger partial charge in [0.25, 0.3) is 0 Å². The van der Waals surface area contributed by atoms with Crippen LogP contribution in [0.4, 0.5) is 10.1 Å². The summed E-state index contributed by atoms with van der Waals surface area (Å²) in [5.74, 6) is -0.215. The van der Waals surface area contributed by atoms with Gasteiger partial charge in [0.1, 0.15) is 5.82 Å². The second kappa shape index (κ2) is 5.47. The van der Waals surface area contributed by atoms with E-state index in [1.807, 2.05) is 6.07 Å². The minimum Gasteiger partial charge on any atom is -0.390 e. The smallest absolute Gasteiger partial charge is 0.125 e. The van der Waals surface area contributed by atoms with Crippen LogP contribution in [0, 0.1) is 5.82 Å². The Balaban J connectivity index is 1.93. The highest BCUT2D eigenvalue weighted by Crippen LogP contribution is 2.28. The number of fused-ring (bicyclic) bond motifs is 1. The Hall–Kier alpha value is -1.13. The number of nitrogens with one attached hydrogen (secondary N) is 1. The highest BCUT2D eigenvalue weighted by Gasteiger charge is 2.22. The van der Waals surface area contributed by atoms with Gasteiger partial charge in [0.15, 0.2) is 0 Å². The lowest BCUT2D eigenvalue weighted by Gasteiger charge is -2.26. The van der Waals surface area contributed by atoms with E-state index < -0.39 is 6.10 Å². The molecule has 0 spiro atoms. The first kappa shape index (κ1) is 14.3. The average molecular weight is 266 g/mol. The molecule has 0 radical (unpaired) electrons. The van der Waals surface area contributed by atoms with Crippen molar-refractivity contribution in [2.75, 3.05) is 24.5 Å². The summed E-state index contributed by atoms with van der Waals surface area (Å²) >= 11 is 0. The Morgan fingerprint density at radius 1 is 1.42 bits per heavy atom. The number of anilines is 1. The molecule has 1 aliphatic heterocycles. The van der Waals surface area contributed by atoms with E-state index in [1.165, 1.54) is 6.07 Å². The van der Waals surface area contributed by atoms with E-state index in [0.717, 1.165) is 24.2 Å². The summed E-state index contributed by atoms with van der Waals surface area (Å²) in [6.07, 6.45) is 0.475. The van der Waals surface area contributed by atoms with Crippen molar-refractivity contribution >= 4 is 5.69 Å². The molecule has 0 aromatic heterocycles. The highest BCUT2D eigenvalue weighted by molar-refractivity contribution is 5.58. The first-order chi connectivity index (χ1) is 8.85. The maximum absolute atomic E-state index is 13.3. The number of hydrogen-bond donors (Lipinski definition) is 2. The maximum Gasteiger partial charge on any atom is 0.125 e. The average Bonchev–Trinajstić information content (AvgIpc) is 2.68. The molecular formula is C15H23FN2O. The number of halogens is 1. The molecule has 0 saturated carbocycles. The standard InChI is InChI=1S/C15H23FN2O/c1-15(2,3)17-9-13(19)10-18-7-6-11-4-5-12(16)8-14(11)18/h4-5,8,13,17,19H,6-7,9-10H2,1-3H3. The SMILES string of the molecule is CC(C)(C)NCC(O)CN1CCc2ccc(F)cc21. The summed E-state index contributed by atoms with van der Waals surface area (Å²) in [4.78, 5) is 2.06. The highest BCUT2D eigenvalue weighted by atomic mass is 19.1. The molecule has 1 atom stereocenters. The lowest BCUT2D eigenvalue weighted by molar-refractivity contribution is 0.166. The Bertz CT molecular complexity index is 442. The predicted molar refractivity (Wildman–Crippen MR) is 76.1 cm³/mol. The first-order valence-electron chi connectivity index (χ1n) is 6.81. The molecule has 2 N–H and O–H groups in total. The van der Waals surface area contributed by atoms with Gasteiger partial charge in [-0.05, 0) is 44.9 Å². The van der Waals surface area contributed by atoms with Crippen molar-refractivity contribution in [3.8, 4) is 0 Å². The largest absolute Gasteiger partial charge is 0.390 e. The van der Waals surface area contributed by atoms with E-state index in [1.54, 1.807) is 6.07 Å². The Morgan fingerprint density at radius 2 is 2.16 bits per heavy atom. The van der Waals surface area contributed by atoms with Crippen LogP contribution in [0.15, 0.2) is 18.2 Å². The quantitative estimate of drug-likeness (QED) is 0.874. The molecule has 4 heteroatoms. The molecule has 106 valence electrons. The lowest BCUT2D eigenvalue weighted by Crippen LogP contribution is -2.44. The van der Waals surface area contributed by atoms with Crippen LogP contribution in [-0.2, 0) is 6.42 Å². The van der Waals surface area contributed by atoms with Gasteiger partial charge in [-0.2, -0.15) is 0 Å². The Morgan fingerprint density at radius 3 is 2.84 bits per heavy atom. The predicted octanol–water partition coefficient (Wildman–Crippen LogP) is 1.94. The normalized spacial score (nSPS) is 16.6. The molecule has 0 bridgehead atoms. The molecule has 0 amide bonds. The van der Waals surface area contributed by atoms with Gasteiger partial charge < -0.3 is 15.3 Å². The molecule has 3 nitrogen and oxygen atoms in total. The summed E-state index contributed by atoms with van der Waals surface area (Å²) < 4.78 is 13.3. The number of hydrogen-bond acceptors (Lipinski definition) is 3. The molecule has 0 fully saturated rings. The van der Waals surface area contributed by atoms with Gasteiger partial charge in [-0.3, -0.25) is 0 Å². The van der Waals surface area contributed by atoms with E-state index in [4.69, 9.17) is 0 Å². The van der Waals surface area contributed by atoms with Crippen molar-refractivity contribution < 1.29 is 9.50 Å². The van der Waals surface area contributed by atoms with E-state index in [0.29, 0.717) is 13.1 Å². The fourth-order valence-corrected chi connectivity index (χ4v) is 2.35. The molecule has 1 unspecified atom stereocenters. The summed E-state index contributed by atoms with van der Waals surface area (Å²) in [6, 6.07) is 4.90. The molecule has 1 aromatic rings. The lowest BCUT2D eigenvalue weighted by atomic mass is 10.1. The van der Waals surface area contributed by atoms with Crippen molar-refractivity contribution in [1.82, 2.24) is 5.32 Å². The monoisotopic (exact) mass is 266 g/mol. The van der Waals surface area contributed by atoms with Crippen LogP contribution >= 0.6 is 0 Å². The fraction of sp³-hybridized carbons (Fsp3) is 0.600. The van der Waals surface area contributed by atoms with Crippen LogP contribution in [-0.4, -0.2) is 36.4 Å². The van der Waals surface area contributed by atoms with Gasteiger partial charge in [-0.1, -0.05) is 6.07 Å². The van der Waals surface area contributed by atoms with E-state index >= 15 is 0 Å². The molecule has 1 aliphatic rings. The molecule has 0 saturated heterocycles. The molecule has 1 aromatic carbocycles. The summed E-state index contributed by atoms with van der Waals surface area (Å²) in [6.45, 7) is 8.15. The zero-order valence-electron chi connectivity index (χ0n) is 11.9. The summed E-state index contributed by atoms with van der Waals surface area (Å²) in [7, 11) is 0.